The van der Waals surface area contributed by atoms with Crippen molar-refractivity contribution in [1.29, 1.82) is 0 Å². The van der Waals surface area contributed by atoms with Gasteiger partial charge in [0.1, 0.15) is 0 Å². The molecule has 2 atom stereocenters. The number of benzene rings is 2. The molecule has 0 radical (unpaired) electrons. The molecule has 0 aromatic heterocycles. The number of hydrogen-bond donors (Lipinski definition) is 2. The number of halogens is 2. The molecular formula is C17H13BrClNO3. The van der Waals surface area contributed by atoms with Gasteiger partial charge in [0, 0.05) is 26.3 Å². The van der Waals surface area contributed by atoms with E-state index in [0.29, 0.717) is 21.8 Å². The van der Waals surface area contributed by atoms with E-state index in [4.69, 9.17) is 11.6 Å². The Hall–Kier alpha value is -1.69. The van der Waals surface area contributed by atoms with Gasteiger partial charge in [0.15, 0.2) is 11.4 Å². The van der Waals surface area contributed by atoms with Crippen LogP contribution in [0.15, 0.2) is 46.9 Å². The van der Waals surface area contributed by atoms with Crippen LogP contribution in [-0.4, -0.2) is 16.8 Å². The van der Waals surface area contributed by atoms with Crippen LogP contribution in [-0.2, 0) is 10.4 Å². The van der Waals surface area contributed by atoms with Crippen molar-refractivity contribution in [2.45, 2.75) is 12.5 Å². The Morgan fingerprint density at radius 1 is 1.26 bits per heavy atom. The molecule has 0 bridgehead atoms. The standard InChI is InChI=1S/C17H13BrClNO3/c1-9(15(21)10-2-5-12(19)6-3-10)17(23)13-8-11(18)4-7-14(13)20-16(17)22/h2-9,23H,1H3,(H,20,22)/t9-,17-/m1/s1. The second-order valence-corrected chi connectivity index (χ2v) is 6.86. The number of Topliss-reactive ketones (excluding diaryl/α,β-unsaturated/α-hetero) is 1. The third-order valence-corrected chi connectivity index (χ3v) is 4.88. The first-order chi connectivity index (χ1) is 10.8. The van der Waals surface area contributed by atoms with E-state index in [-0.39, 0.29) is 5.78 Å². The number of fused-ring (bicyclic) bond motifs is 1. The van der Waals surface area contributed by atoms with Gasteiger partial charge in [0.25, 0.3) is 5.91 Å². The normalized spacial score (nSPS) is 20.8. The van der Waals surface area contributed by atoms with Crippen LogP contribution < -0.4 is 5.32 Å². The topological polar surface area (TPSA) is 66.4 Å². The van der Waals surface area contributed by atoms with Crippen molar-refractivity contribution in [2.75, 3.05) is 5.32 Å². The smallest absolute Gasteiger partial charge is 0.261 e. The van der Waals surface area contributed by atoms with Crippen LogP contribution in [0.25, 0.3) is 0 Å². The minimum Gasteiger partial charge on any atom is -0.375 e. The highest BCUT2D eigenvalue weighted by Crippen LogP contribution is 2.43. The Kier molecular flexibility index (Phi) is 4.04. The van der Waals surface area contributed by atoms with Gasteiger partial charge in [0.05, 0.1) is 5.92 Å². The van der Waals surface area contributed by atoms with Crippen LogP contribution in [0.1, 0.15) is 22.8 Å². The van der Waals surface area contributed by atoms with Crippen LogP contribution in [0.4, 0.5) is 5.69 Å². The Labute approximate surface area is 146 Å². The molecule has 23 heavy (non-hydrogen) atoms. The molecule has 0 unspecified atom stereocenters. The van der Waals surface area contributed by atoms with Crippen molar-refractivity contribution in [3.05, 3.63) is 63.1 Å². The van der Waals surface area contributed by atoms with E-state index in [1.165, 1.54) is 0 Å². The number of carbonyl (C=O) groups excluding carboxylic acids is 2. The SMILES string of the molecule is C[C@H](C(=O)c1ccc(Cl)cc1)[C@]1(O)C(=O)Nc2ccc(Br)cc21. The van der Waals surface area contributed by atoms with Crippen molar-refractivity contribution in [2.24, 2.45) is 5.92 Å². The van der Waals surface area contributed by atoms with Gasteiger partial charge in [-0.3, -0.25) is 9.59 Å². The van der Waals surface area contributed by atoms with Crippen LogP contribution in [0.2, 0.25) is 5.02 Å². The second kappa shape index (κ2) is 5.74. The lowest BCUT2D eigenvalue weighted by Gasteiger charge is -2.27. The summed E-state index contributed by atoms with van der Waals surface area (Å²) in [5, 5.41) is 14.2. The van der Waals surface area contributed by atoms with Crippen molar-refractivity contribution in [3.63, 3.8) is 0 Å². The van der Waals surface area contributed by atoms with Crippen LogP contribution in [0.5, 0.6) is 0 Å². The fraction of sp³-hybridized carbons (Fsp3) is 0.176. The van der Waals surface area contributed by atoms with E-state index in [9.17, 15) is 14.7 Å². The molecule has 2 aromatic rings. The Morgan fingerprint density at radius 2 is 1.91 bits per heavy atom. The number of ketones is 1. The summed E-state index contributed by atoms with van der Waals surface area (Å²) < 4.78 is 0.720. The first-order valence-corrected chi connectivity index (χ1v) is 8.14. The minimum absolute atomic E-state index is 0.327. The Morgan fingerprint density at radius 3 is 2.57 bits per heavy atom. The molecule has 118 valence electrons. The number of amides is 1. The predicted octanol–water partition coefficient (Wildman–Crippen LogP) is 3.76. The summed E-state index contributed by atoms with van der Waals surface area (Å²) in [7, 11) is 0. The van der Waals surface area contributed by atoms with Gasteiger partial charge in [0.2, 0.25) is 0 Å². The molecule has 1 amide bonds. The van der Waals surface area contributed by atoms with Crippen LogP contribution in [0.3, 0.4) is 0 Å². The van der Waals surface area contributed by atoms with E-state index in [1.807, 2.05) is 0 Å². The van der Waals surface area contributed by atoms with E-state index in [1.54, 1.807) is 49.4 Å². The monoisotopic (exact) mass is 393 g/mol. The lowest BCUT2D eigenvalue weighted by molar-refractivity contribution is -0.137. The number of rotatable bonds is 3. The molecule has 2 aromatic carbocycles. The van der Waals surface area contributed by atoms with Gasteiger partial charge in [-0.1, -0.05) is 34.5 Å². The summed E-state index contributed by atoms with van der Waals surface area (Å²) in [6.07, 6.45) is 0. The van der Waals surface area contributed by atoms with Crippen LogP contribution in [0, 0.1) is 5.92 Å². The first kappa shape index (κ1) is 16.2. The number of anilines is 1. The molecule has 0 spiro atoms. The fourth-order valence-electron chi connectivity index (χ4n) is 2.76. The van der Waals surface area contributed by atoms with Gasteiger partial charge < -0.3 is 10.4 Å². The summed E-state index contributed by atoms with van der Waals surface area (Å²) in [6, 6.07) is 11.5. The maximum Gasteiger partial charge on any atom is 0.261 e. The van der Waals surface area contributed by atoms with Gasteiger partial charge >= 0.3 is 0 Å². The number of nitrogens with one attached hydrogen (secondary N) is 1. The van der Waals surface area contributed by atoms with E-state index >= 15 is 0 Å². The van der Waals surface area contributed by atoms with E-state index in [0.717, 1.165) is 4.47 Å². The molecule has 3 rings (SSSR count). The van der Waals surface area contributed by atoms with Gasteiger partial charge in [-0.2, -0.15) is 0 Å². The van der Waals surface area contributed by atoms with Crippen molar-refractivity contribution in [3.8, 4) is 0 Å². The zero-order chi connectivity index (χ0) is 16.8. The highest BCUT2D eigenvalue weighted by molar-refractivity contribution is 9.10. The third-order valence-electron chi connectivity index (χ3n) is 4.14. The highest BCUT2D eigenvalue weighted by atomic mass is 79.9. The summed E-state index contributed by atoms with van der Waals surface area (Å²) in [5.74, 6) is -1.87. The zero-order valence-electron chi connectivity index (χ0n) is 12.1. The predicted molar refractivity (Wildman–Crippen MR) is 91.6 cm³/mol. The average Bonchev–Trinajstić information content (AvgIpc) is 2.79. The number of aliphatic hydroxyl groups is 1. The van der Waals surface area contributed by atoms with Crippen molar-refractivity contribution < 1.29 is 14.7 Å². The fourth-order valence-corrected chi connectivity index (χ4v) is 3.25. The summed E-state index contributed by atoms with van der Waals surface area (Å²) in [6.45, 7) is 1.55. The number of carbonyl (C=O) groups is 2. The molecule has 2 N–H and O–H groups in total. The van der Waals surface area contributed by atoms with E-state index < -0.39 is 17.4 Å². The molecule has 0 aliphatic carbocycles. The molecule has 4 nitrogen and oxygen atoms in total. The molecule has 6 heteroatoms. The second-order valence-electron chi connectivity index (χ2n) is 5.50. The maximum absolute atomic E-state index is 12.7. The molecule has 0 saturated carbocycles. The average molecular weight is 395 g/mol. The van der Waals surface area contributed by atoms with Crippen molar-refractivity contribution in [1.82, 2.24) is 0 Å². The van der Waals surface area contributed by atoms with Gasteiger partial charge in [-0.05, 0) is 42.5 Å². The summed E-state index contributed by atoms with van der Waals surface area (Å²) >= 11 is 9.15. The quantitative estimate of drug-likeness (QED) is 0.779. The molecule has 0 saturated heterocycles. The lowest BCUT2D eigenvalue weighted by Crippen LogP contribution is -2.44. The maximum atomic E-state index is 12.7. The first-order valence-electron chi connectivity index (χ1n) is 6.97. The summed E-state index contributed by atoms with van der Waals surface area (Å²) in [4.78, 5) is 25.0. The highest BCUT2D eigenvalue weighted by Gasteiger charge is 2.52. The molecular weight excluding hydrogens is 382 g/mol. The minimum atomic E-state index is -1.91. The molecule has 1 aliphatic rings. The zero-order valence-corrected chi connectivity index (χ0v) is 14.5. The van der Waals surface area contributed by atoms with E-state index in [2.05, 4.69) is 21.2 Å². The molecule has 1 heterocycles. The Balaban J connectivity index is 2.03. The summed E-state index contributed by atoms with van der Waals surface area (Å²) in [5.41, 5.74) is -0.606. The van der Waals surface area contributed by atoms with Gasteiger partial charge in [-0.25, -0.2) is 0 Å². The lowest BCUT2D eigenvalue weighted by atomic mass is 9.79. The molecule has 1 aliphatic heterocycles. The van der Waals surface area contributed by atoms with Crippen molar-refractivity contribution >= 4 is 44.9 Å². The molecule has 0 fully saturated rings. The largest absolute Gasteiger partial charge is 0.375 e. The Bertz CT molecular complexity index is 806. The third kappa shape index (κ3) is 2.59. The number of hydrogen-bond acceptors (Lipinski definition) is 3. The van der Waals surface area contributed by atoms with Gasteiger partial charge in [-0.15, -0.1) is 0 Å². The van der Waals surface area contributed by atoms with Crippen LogP contribution >= 0.6 is 27.5 Å².